The monoisotopic (exact) mass is 401 g/mol. The first kappa shape index (κ1) is 20.7. The second-order valence-electron chi connectivity index (χ2n) is 7.88. The van der Waals surface area contributed by atoms with Gasteiger partial charge < -0.3 is 16.0 Å². The van der Waals surface area contributed by atoms with E-state index in [1.165, 1.54) is 24.3 Å². The molecule has 0 radical (unpaired) electrons. The van der Waals surface area contributed by atoms with Gasteiger partial charge in [-0.3, -0.25) is 0 Å². The molecule has 1 atom stereocenters. The highest BCUT2D eigenvalue weighted by atomic mass is 32.2. The van der Waals surface area contributed by atoms with E-state index in [0.29, 0.717) is 17.6 Å². The Bertz CT molecular complexity index is 876. The van der Waals surface area contributed by atoms with Crippen LogP contribution in [0.25, 0.3) is 0 Å². The molecule has 2 aromatic carbocycles. The molecule has 5 nitrogen and oxygen atoms in total. The van der Waals surface area contributed by atoms with Crippen LogP contribution in [-0.2, 0) is 9.84 Å². The fourth-order valence-electron chi connectivity index (χ4n) is 3.75. The molecule has 1 fully saturated rings. The largest absolute Gasteiger partial charge is 0.397 e. The van der Waals surface area contributed by atoms with Crippen LogP contribution in [0.4, 0.5) is 11.4 Å². The SMILES string of the molecule is CC(CCN1CCC(Nc2ccc(S(C)(=O)=O)cc2N)CC1)c1ccccc1. The topological polar surface area (TPSA) is 75.4 Å². The lowest BCUT2D eigenvalue weighted by Crippen LogP contribution is -2.39. The van der Waals surface area contributed by atoms with Crippen LogP contribution in [0.3, 0.4) is 0 Å². The van der Waals surface area contributed by atoms with E-state index in [-0.39, 0.29) is 4.90 Å². The Morgan fingerprint density at radius 1 is 1.14 bits per heavy atom. The van der Waals surface area contributed by atoms with Crippen molar-refractivity contribution in [2.45, 2.75) is 43.0 Å². The minimum absolute atomic E-state index is 0.262. The van der Waals surface area contributed by atoms with Gasteiger partial charge in [0.2, 0.25) is 0 Å². The third kappa shape index (κ3) is 5.49. The summed E-state index contributed by atoms with van der Waals surface area (Å²) in [5, 5.41) is 3.49. The van der Waals surface area contributed by atoms with Crippen molar-refractivity contribution in [3.8, 4) is 0 Å². The van der Waals surface area contributed by atoms with Crippen LogP contribution in [0.15, 0.2) is 53.4 Å². The smallest absolute Gasteiger partial charge is 0.175 e. The maximum atomic E-state index is 11.6. The van der Waals surface area contributed by atoms with Gasteiger partial charge >= 0.3 is 0 Å². The summed E-state index contributed by atoms with van der Waals surface area (Å²) in [5.41, 5.74) is 8.78. The van der Waals surface area contributed by atoms with Crippen molar-refractivity contribution in [3.05, 3.63) is 54.1 Å². The van der Waals surface area contributed by atoms with Crippen molar-refractivity contribution in [1.29, 1.82) is 0 Å². The summed E-state index contributed by atoms with van der Waals surface area (Å²) in [6, 6.07) is 16.0. The van der Waals surface area contributed by atoms with Gasteiger partial charge in [0.05, 0.1) is 16.3 Å². The average Bonchev–Trinajstić information content (AvgIpc) is 2.68. The number of piperidine rings is 1. The molecule has 0 spiro atoms. The van der Waals surface area contributed by atoms with Gasteiger partial charge in [-0.05, 0) is 55.5 Å². The van der Waals surface area contributed by atoms with Gasteiger partial charge in [-0.2, -0.15) is 0 Å². The third-order valence-electron chi connectivity index (χ3n) is 5.65. The van der Waals surface area contributed by atoms with E-state index in [9.17, 15) is 8.42 Å². The number of hydrogen-bond donors (Lipinski definition) is 2. The first-order valence-corrected chi connectivity index (χ1v) is 11.9. The normalized spacial score (nSPS) is 17.4. The fourth-order valence-corrected chi connectivity index (χ4v) is 4.40. The van der Waals surface area contributed by atoms with E-state index in [1.807, 2.05) is 0 Å². The highest BCUT2D eigenvalue weighted by Crippen LogP contribution is 2.26. The summed E-state index contributed by atoms with van der Waals surface area (Å²) in [7, 11) is -3.23. The molecular formula is C22H31N3O2S. The molecule has 28 heavy (non-hydrogen) atoms. The first-order valence-electron chi connectivity index (χ1n) is 9.96. The molecule has 1 saturated heterocycles. The number of nitrogens with zero attached hydrogens (tertiary/aromatic N) is 1. The lowest BCUT2D eigenvalue weighted by Gasteiger charge is -2.33. The van der Waals surface area contributed by atoms with Gasteiger partial charge in [-0.1, -0.05) is 37.3 Å². The number of nitrogens with one attached hydrogen (secondary N) is 1. The molecule has 3 N–H and O–H groups in total. The molecule has 1 aliphatic rings. The Labute approximate surface area is 168 Å². The van der Waals surface area contributed by atoms with Crippen molar-refractivity contribution in [1.82, 2.24) is 4.90 Å². The molecule has 6 heteroatoms. The molecule has 0 amide bonds. The Balaban J connectivity index is 1.47. The van der Waals surface area contributed by atoms with Crippen molar-refractivity contribution in [2.75, 3.05) is 36.9 Å². The van der Waals surface area contributed by atoms with Crippen LogP contribution in [0.5, 0.6) is 0 Å². The van der Waals surface area contributed by atoms with Gasteiger partial charge in [0.1, 0.15) is 0 Å². The summed E-state index contributed by atoms with van der Waals surface area (Å²) in [5.74, 6) is 0.574. The predicted molar refractivity (Wildman–Crippen MR) is 117 cm³/mol. The van der Waals surface area contributed by atoms with Crippen molar-refractivity contribution in [3.63, 3.8) is 0 Å². The van der Waals surface area contributed by atoms with E-state index >= 15 is 0 Å². The number of nitrogens with two attached hydrogens (primary N) is 1. The number of anilines is 2. The van der Waals surface area contributed by atoms with E-state index in [2.05, 4.69) is 47.5 Å². The number of nitrogen functional groups attached to an aromatic ring is 1. The molecule has 0 aliphatic carbocycles. The molecule has 1 unspecified atom stereocenters. The minimum Gasteiger partial charge on any atom is -0.397 e. The summed E-state index contributed by atoms with van der Waals surface area (Å²) in [6.07, 6.45) is 4.49. The molecule has 2 aromatic rings. The number of sulfone groups is 1. The standard InChI is InChI=1S/C22H31N3O2S/c1-17(18-6-4-3-5-7-18)10-13-25-14-11-19(12-15-25)24-22-9-8-20(16-21(22)23)28(2,26)27/h3-9,16-17,19,24H,10-15,23H2,1-2H3. The quantitative estimate of drug-likeness (QED) is 0.691. The number of rotatable bonds is 7. The maximum absolute atomic E-state index is 11.6. The van der Waals surface area contributed by atoms with E-state index in [1.54, 1.807) is 12.1 Å². The Morgan fingerprint density at radius 2 is 1.82 bits per heavy atom. The van der Waals surface area contributed by atoms with Gasteiger partial charge in [0.25, 0.3) is 0 Å². The van der Waals surface area contributed by atoms with Crippen molar-refractivity contribution >= 4 is 21.2 Å². The molecule has 3 rings (SSSR count). The Kier molecular flexibility index (Phi) is 6.62. The maximum Gasteiger partial charge on any atom is 0.175 e. The average molecular weight is 402 g/mol. The van der Waals surface area contributed by atoms with Gasteiger partial charge in [0, 0.05) is 25.4 Å². The molecule has 0 aromatic heterocycles. The zero-order valence-electron chi connectivity index (χ0n) is 16.8. The number of hydrogen-bond acceptors (Lipinski definition) is 5. The van der Waals surface area contributed by atoms with E-state index < -0.39 is 9.84 Å². The predicted octanol–water partition coefficient (Wildman–Crippen LogP) is 3.74. The molecule has 1 heterocycles. The Hall–Kier alpha value is -2.05. The van der Waals surface area contributed by atoms with E-state index in [4.69, 9.17) is 5.73 Å². The minimum atomic E-state index is -3.23. The lowest BCUT2D eigenvalue weighted by atomic mass is 9.97. The van der Waals surface area contributed by atoms with Crippen LogP contribution >= 0.6 is 0 Å². The van der Waals surface area contributed by atoms with Crippen LogP contribution in [-0.4, -0.2) is 45.2 Å². The molecular weight excluding hydrogens is 370 g/mol. The van der Waals surface area contributed by atoms with Crippen LogP contribution in [0, 0.1) is 0 Å². The Morgan fingerprint density at radius 3 is 2.43 bits per heavy atom. The number of likely N-dealkylation sites (tertiary alicyclic amines) is 1. The van der Waals surface area contributed by atoms with Crippen molar-refractivity contribution in [2.24, 2.45) is 0 Å². The van der Waals surface area contributed by atoms with Gasteiger partial charge in [-0.25, -0.2) is 8.42 Å². The highest BCUT2D eigenvalue weighted by molar-refractivity contribution is 7.90. The zero-order valence-corrected chi connectivity index (χ0v) is 17.6. The molecule has 1 aliphatic heterocycles. The molecule has 152 valence electrons. The lowest BCUT2D eigenvalue weighted by molar-refractivity contribution is 0.213. The highest BCUT2D eigenvalue weighted by Gasteiger charge is 2.20. The summed E-state index contributed by atoms with van der Waals surface area (Å²) in [6.45, 7) is 5.56. The summed E-state index contributed by atoms with van der Waals surface area (Å²) >= 11 is 0. The molecule has 0 saturated carbocycles. The van der Waals surface area contributed by atoms with E-state index in [0.717, 1.165) is 38.2 Å². The summed E-state index contributed by atoms with van der Waals surface area (Å²) < 4.78 is 23.3. The second-order valence-corrected chi connectivity index (χ2v) is 9.90. The van der Waals surface area contributed by atoms with Crippen molar-refractivity contribution < 1.29 is 8.42 Å². The van der Waals surface area contributed by atoms with Gasteiger partial charge in [0.15, 0.2) is 9.84 Å². The fraction of sp³-hybridized carbons (Fsp3) is 0.455. The second kappa shape index (κ2) is 8.97. The molecule has 0 bridgehead atoms. The van der Waals surface area contributed by atoms with Crippen LogP contribution in [0.1, 0.15) is 37.7 Å². The number of benzene rings is 2. The third-order valence-corrected chi connectivity index (χ3v) is 6.76. The zero-order chi connectivity index (χ0) is 20.1. The van der Waals surface area contributed by atoms with Crippen LogP contribution in [0.2, 0.25) is 0 Å². The van der Waals surface area contributed by atoms with Crippen LogP contribution < -0.4 is 11.1 Å². The van der Waals surface area contributed by atoms with Gasteiger partial charge in [-0.15, -0.1) is 0 Å². The summed E-state index contributed by atoms with van der Waals surface area (Å²) in [4.78, 5) is 2.80. The first-order chi connectivity index (χ1) is 13.3.